The largest absolute Gasteiger partial charge is 0.350 e. The van der Waals surface area contributed by atoms with E-state index in [9.17, 15) is 18.0 Å². The fraction of sp³-hybridized carbons (Fsp3) is 0.314. The normalized spacial score (nSPS) is 14.5. The molecule has 7 nitrogen and oxygen atoms in total. The predicted octanol–water partition coefficient (Wildman–Crippen LogP) is 5.99. The summed E-state index contributed by atoms with van der Waals surface area (Å²) in [7, 11) is -3.72. The maximum atomic E-state index is 14.1. The first-order valence-electron chi connectivity index (χ1n) is 14.7. The third-order valence-corrected chi connectivity index (χ3v) is 9.49. The quantitative estimate of drug-likeness (QED) is 0.243. The minimum absolute atomic E-state index is 0.0955. The summed E-state index contributed by atoms with van der Waals surface area (Å²) in [6.07, 6.45) is 0.766. The molecule has 1 aliphatic rings. The Kier molecular flexibility index (Phi) is 8.60. The van der Waals surface area contributed by atoms with Crippen LogP contribution in [0.25, 0.3) is 10.8 Å². The van der Waals surface area contributed by atoms with Gasteiger partial charge in [0.25, 0.3) is 10.0 Å². The van der Waals surface area contributed by atoms with Crippen molar-refractivity contribution in [3.63, 3.8) is 0 Å². The van der Waals surface area contributed by atoms with Gasteiger partial charge in [0.15, 0.2) is 0 Å². The van der Waals surface area contributed by atoms with E-state index >= 15 is 0 Å². The summed E-state index contributed by atoms with van der Waals surface area (Å²) in [5.41, 5.74) is 3.11. The molecule has 2 amide bonds. The van der Waals surface area contributed by atoms with Crippen LogP contribution in [-0.4, -0.2) is 43.3 Å². The molecule has 0 spiro atoms. The van der Waals surface area contributed by atoms with E-state index in [-0.39, 0.29) is 31.3 Å². The number of nitrogens with zero attached hydrogens (tertiary/aromatic N) is 2. The molecule has 0 saturated heterocycles. The van der Waals surface area contributed by atoms with Gasteiger partial charge in [0, 0.05) is 36.9 Å². The molecule has 1 heterocycles. The van der Waals surface area contributed by atoms with Crippen LogP contribution in [-0.2, 0) is 32.6 Å². The zero-order chi connectivity index (χ0) is 30.8. The molecule has 43 heavy (non-hydrogen) atoms. The number of nitrogens with one attached hydrogen (secondary N) is 1. The number of hydrogen-bond acceptors (Lipinski definition) is 4. The van der Waals surface area contributed by atoms with Gasteiger partial charge in [-0.05, 0) is 62.8 Å². The molecule has 1 unspecified atom stereocenters. The van der Waals surface area contributed by atoms with Crippen LogP contribution in [0.15, 0.2) is 95.9 Å². The molecular weight excluding hydrogens is 558 g/mol. The van der Waals surface area contributed by atoms with E-state index in [1.165, 1.54) is 4.31 Å². The van der Waals surface area contributed by atoms with E-state index in [0.29, 0.717) is 23.4 Å². The molecule has 5 rings (SSSR count). The van der Waals surface area contributed by atoms with Gasteiger partial charge in [0.1, 0.15) is 6.04 Å². The average Bonchev–Trinajstić information content (AvgIpc) is 3.17. The lowest BCUT2D eigenvalue weighted by Crippen LogP contribution is -2.54. The monoisotopic (exact) mass is 597 g/mol. The Bertz CT molecular complexity index is 1740. The minimum atomic E-state index is -3.72. The highest BCUT2D eigenvalue weighted by molar-refractivity contribution is 7.93. The van der Waals surface area contributed by atoms with Crippen LogP contribution >= 0.6 is 0 Å². The first-order valence-corrected chi connectivity index (χ1v) is 16.1. The topological polar surface area (TPSA) is 86.8 Å². The summed E-state index contributed by atoms with van der Waals surface area (Å²) in [6, 6.07) is 27.8. The molecule has 1 N–H and O–H groups in total. The molecule has 0 saturated carbocycles. The second-order valence-electron chi connectivity index (χ2n) is 12.3. The van der Waals surface area contributed by atoms with E-state index in [1.54, 1.807) is 17.0 Å². The Morgan fingerprint density at radius 3 is 2.26 bits per heavy atom. The van der Waals surface area contributed by atoms with E-state index in [4.69, 9.17) is 0 Å². The molecule has 4 aromatic carbocycles. The van der Waals surface area contributed by atoms with Gasteiger partial charge in [-0.1, -0.05) is 84.4 Å². The average molecular weight is 598 g/mol. The van der Waals surface area contributed by atoms with Gasteiger partial charge < -0.3 is 10.2 Å². The maximum absolute atomic E-state index is 14.1. The summed E-state index contributed by atoms with van der Waals surface area (Å²) in [4.78, 5) is 29.8. The molecule has 4 aromatic rings. The van der Waals surface area contributed by atoms with Gasteiger partial charge in [0.05, 0.1) is 10.6 Å². The van der Waals surface area contributed by atoms with Gasteiger partial charge in [-0.15, -0.1) is 0 Å². The molecule has 0 bridgehead atoms. The van der Waals surface area contributed by atoms with Crippen LogP contribution in [0.1, 0.15) is 50.3 Å². The van der Waals surface area contributed by atoms with Gasteiger partial charge in [0.2, 0.25) is 11.8 Å². The standard InChI is InChI=1S/C35H39N3O4S/c1-25-12-8-15-27(22-25)24-37(30(34(40)36-35(2,3)4)23-26-13-6-5-7-14-26)32(39)20-11-21-38-29-18-9-16-28-17-10-19-31(33(28)29)43(38,41)42/h5-10,12-19,22,30H,11,20-21,23-24H2,1-4H3,(H,36,40). The predicted molar refractivity (Wildman–Crippen MR) is 171 cm³/mol. The molecule has 1 atom stereocenters. The number of rotatable bonds is 10. The smallest absolute Gasteiger partial charge is 0.265 e. The number of carbonyl (C=O) groups is 2. The zero-order valence-corrected chi connectivity index (χ0v) is 26.0. The molecule has 8 heteroatoms. The first-order chi connectivity index (χ1) is 20.4. The lowest BCUT2D eigenvalue weighted by atomic mass is 10.00. The van der Waals surface area contributed by atoms with Gasteiger partial charge in [-0.25, -0.2) is 8.42 Å². The summed E-state index contributed by atoms with van der Waals surface area (Å²) in [5.74, 6) is -0.416. The Morgan fingerprint density at radius 2 is 1.56 bits per heavy atom. The van der Waals surface area contributed by atoms with Crippen LogP contribution < -0.4 is 9.62 Å². The third-order valence-electron chi connectivity index (χ3n) is 7.64. The van der Waals surface area contributed by atoms with Crippen molar-refractivity contribution in [1.82, 2.24) is 10.2 Å². The van der Waals surface area contributed by atoms with E-state index in [2.05, 4.69) is 5.32 Å². The Morgan fingerprint density at radius 1 is 0.884 bits per heavy atom. The molecular formula is C35H39N3O4S. The molecule has 1 aliphatic heterocycles. The molecule has 0 radical (unpaired) electrons. The fourth-order valence-corrected chi connectivity index (χ4v) is 7.48. The van der Waals surface area contributed by atoms with Crippen molar-refractivity contribution in [3.8, 4) is 0 Å². The number of aryl methyl sites for hydroxylation is 1. The van der Waals surface area contributed by atoms with Crippen LogP contribution in [0.2, 0.25) is 0 Å². The Balaban J connectivity index is 1.41. The summed E-state index contributed by atoms with van der Waals surface area (Å²) >= 11 is 0. The highest BCUT2D eigenvalue weighted by Crippen LogP contribution is 2.42. The molecule has 224 valence electrons. The van der Waals surface area contributed by atoms with Crippen LogP contribution in [0.3, 0.4) is 0 Å². The van der Waals surface area contributed by atoms with Crippen molar-refractivity contribution in [3.05, 3.63) is 108 Å². The van der Waals surface area contributed by atoms with Crippen LogP contribution in [0.5, 0.6) is 0 Å². The molecule has 0 fully saturated rings. The number of amides is 2. The van der Waals surface area contributed by atoms with E-state index in [1.807, 2.05) is 107 Å². The van der Waals surface area contributed by atoms with E-state index in [0.717, 1.165) is 27.5 Å². The Hall–Kier alpha value is -4.17. The number of benzene rings is 4. The second kappa shape index (κ2) is 12.2. The fourth-order valence-electron chi connectivity index (χ4n) is 5.73. The van der Waals surface area contributed by atoms with Crippen molar-refractivity contribution in [2.24, 2.45) is 0 Å². The summed E-state index contributed by atoms with van der Waals surface area (Å²) in [6.45, 7) is 8.20. The zero-order valence-electron chi connectivity index (χ0n) is 25.2. The van der Waals surface area contributed by atoms with E-state index < -0.39 is 21.6 Å². The van der Waals surface area contributed by atoms with Gasteiger partial charge >= 0.3 is 0 Å². The van der Waals surface area contributed by atoms with Gasteiger partial charge in [-0.3, -0.25) is 13.9 Å². The summed E-state index contributed by atoms with van der Waals surface area (Å²) in [5, 5.41) is 4.68. The van der Waals surface area contributed by atoms with Crippen molar-refractivity contribution in [2.45, 2.75) is 70.0 Å². The number of hydrogen-bond donors (Lipinski definition) is 1. The number of carbonyl (C=O) groups excluding carboxylic acids is 2. The maximum Gasteiger partial charge on any atom is 0.265 e. The molecule has 0 aromatic heterocycles. The third kappa shape index (κ3) is 6.75. The number of anilines is 1. The van der Waals surface area contributed by atoms with Crippen molar-refractivity contribution >= 4 is 38.3 Å². The lowest BCUT2D eigenvalue weighted by Gasteiger charge is -2.34. The van der Waals surface area contributed by atoms with Crippen molar-refractivity contribution < 1.29 is 18.0 Å². The molecule has 0 aliphatic carbocycles. The van der Waals surface area contributed by atoms with Crippen LogP contribution in [0, 0.1) is 6.92 Å². The Labute approximate surface area is 254 Å². The SMILES string of the molecule is Cc1cccc(CN(C(=O)CCCN2c3cccc4cccc(c34)S2(=O)=O)C(Cc2ccccc2)C(=O)NC(C)(C)C)c1. The highest BCUT2D eigenvalue weighted by atomic mass is 32.2. The lowest BCUT2D eigenvalue weighted by molar-refractivity contribution is -0.142. The van der Waals surface area contributed by atoms with Crippen molar-refractivity contribution in [2.75, 3.05) is 10.8 Å². The second-order valence-corrected chi connectivity index (χ2v) is 14.1. The number of sulfonamides is 1. The summed E-state index contributed by atoms with van der Waals surface area (Å²) < 4.78 is 28.3. The van der Waals surface area contributed by atoms with Gasteiger partial charge in [-0.2, -0.15) is 0 Å². The highest BCUT2D eigenvalue weighted by Gasteiger charge is 2.36. The first kappa shape index (κ1) is 30.3. The van der Waals surface area contributed by atoms with Crippen molar-refractivity contribution in [1.29, 1.82) is 0 Å². The van der Waals surface area contributed by atoms with Crippen LogP contribution in [0.4, 0.5) is 5.69 Å². The minimum Gasteiger partial charge on any atom is -0.350 e.